The molecule has 1 unspecified atom stereocenters. The Morgan fingerprint density at radius 3 is 2.28 bits per heavy atom. The minimum absolute atomic E-state index is 0.0529. The Morgan fingerprint density at radius 1 is 0.833 bits per heavy atom. The van der Waals surface area contributed by atoms with Crippen LogP contribution in [-0.4, -0.2) is 11.6 Å². The minimum atomic E-state index is -0.473. The number of hydrogen-bond donors (Lipinski definition) is 2. The van der Waals surface area contributed by atoms with Crippen LogP contribution in [0, 0.1) is 5.41 Å². The van der Waals surface area contributed by atoms with Gasteiger partial charge in [-0.25, -0.2) is 0 Å². The molecule has 0 spiro atoms. The maximum atomic E-state index is 13.4. The van der Waals surface area contributed by atoms with Gasteiger partial charge in [-0.3, -0.25) is 9.59 Å². The van der Waals surface area contributed by atoms with E-state index in [1.807, 2.05) is 12.1 Å². The summed E-state index contributed by atoms with van der Waals surface area (Å²) < 4.78 is 0. The molecule has 0 bridgehead atoms. The number of Topliss-reactive ketones (excluding diaryl/α,β-unsaturated/α-hetero) is 1. The van der Waals surface area contributed by atoms with Gasteiger partial charge in [-0.05, 0) is 65.9 Å². The second-order valence-corrected chi connectivity index (χ2v) is 11.6. The van der Waals surface area contributed by atoms with Gasteiger partial charge in [0.1, 0.15) is 0 Å². The molecular weight excluding hydrogens is 538 g/mol. The van der Waals surface area contributed by atoms with Crippen molar-refractivity contribution >= 4 is 69.3 Å². The largest absolute Gasteiger partial charge is 0.372 e. The van der Waals surface area contributed by atoms with Crippen LogP contribution in [0.5, 0.6) is 0 Å². The van der Waals surface area contributed by atoms with Crippen molar-refractivity contribution in [2.45, 2.75) is 32.7 Å². The van der Waals surface area contributed by atoms with Crippen molar-refractivity contribution in [2.24, 2.45) is 5.41 Å². The van der Waals surface area contributed by atoms with Crippen LogP contribution in [0.15, 0.2) is 65.9 Å². The van der Waals surface area contributed by atoms with Crippen molar-refractivity contribution < 1.29 is 9.59 Å². The molecule has 4 nitrogen and oxygen atoms in total. The number of carbonyl (C=O) groups excluding carboxylic acids is 2. The predicted molar refractivity (Wildman–Crippen MR) is 148 cm³/mol. The number of fused-ring (bicyclic) bond motifs is 1. The quantitative estimate of drug-likeness (QED) is 0.315. The fourth-order valence-electron chi connectivity index (χ4n) is 4.86. The maximum absolute atomic E-state index is 13.4. The molecule has 1 aliphatic carbocycles. The molecule has 2 aliphatic rings. The number of nitrogens with one attached hydrogen (secondary N) is 2. The molecule has 0 aromatic heterocycles. The molecule has 2 N–H and O–H groups in total. The normalized spacial score (nSPS) is 18.5. The summed E-state index contributed by atoms with van der Waals surface area (Å²) in [6, 6.07) is 15.0. The Labute approximate surface area is 229 Å². The van der Waals surface area contributed by atoms with Crippen LogP contribution in [-0.2, 0) is 4.79 Å². The van der Waals surface area contributed by atoms with Gasteiger partial charge in [-0.1, -0.05) is 66.3 Å². The van der Waals surface area contributed by atoms with Crippen LogP contribution < -0.4 is 10.6 Å². The SMILES string of the molecule is CC1(C)CC(=O)C2=C(C1)Nc1cc(C(=O)c3ccc(Cl)c(Cl)c3)ccc1NC2c1ccc(Cl)cc1Cl. The molecule has 1 atom stereocenters. The van der Waals surface area contributed by atoms with Crippen molar-refractivity contribution in [1.29, 1.82) is 0 Å². The molecule has 1 heterocycles. The third kappa shape index (κ3) is 4.76. The summed E-state index contributed by atoms with van der Waals surface area (Å²) in [6.45, 7) is 4.15. The van der Waals surface area contributed by atoms with Crippen LogP contribution in [0.4, 0.5) is 11.4 Å². The summed E-state index contributed by atoms with van der Waals surface area (Å²) in [5, 5.41) is 8.66. The second kappa shape index (κ2) is 9.42. The molecular formula is C28H22Cl4N2O2. The first-order valence-electron chi connectivity index (χ1n) is 11.4. The standard InChI is InChI=1S/C28H22Cl4N2O2/c1-28(2)12-23-25(24(35)13-28)26(17-6-5-16(29)11-19(17)31)34-21-8-4-15(10-22(21)33-23)27(36)14-3-7-18(30)20(32)9-14/h3-11,26,33-34H,12-13H2,1-2H3. The monoisotopic (exact) mass is 558 g/mol. The van der Waals surface area contributed by atoms with Gasteiger partial charge in [0.05, 0.1) is 27.5 Å². The van der Waals surface area contributed by atoms with Gasteiger partial charge in [0, 0.05) is 38.9 Å². The molecule has 1 aliphatic heterocycles. The number of allylic oxidation sites excluding steroid dienone is 1. The zero-order valence-electron chi connectivity index (χ0n) is 19.5. The van der Waals surface area contributed by atoms with E-state index in [2.05, 4.69) is 24.5 Å². The molecule has 0 saturated heterocycles. The van der Waals surface area contributed by atoms with Crippen molar-refractivity contribution in [3.8, 4) is 0 Å². The number of ketones is 2. The lowest BCUT2D eigenvalue weighted by Gasteiger charge is -2.34. The highest BCUT2D eigenvalue weighted by Crippen LogP contribution is 2.47. The van der Waals surface area contributed by atoms with Gasteiger partial charge in [-0.2, -0.15) is 0 Å². The lowest BCUT2D eigenvalue weighted by Crippen LogP contribution is -2.31. The van der Waals surface area contributed by atoms with Crippen molar-refractivity contribution in [3.63, 3.8) is 0 Å². The topological polar surface area (TPSA) is 58.2 Å². The first kappa shape index (κ1) is 25.2. The fourth-order valence-corrected chi connectivity index (χ4v) is 5.67. The van der Waals surface area contributed by atoms with Crippen LogP contribution in [0.25, 0.3) is 0 Å². The Kier molecular flexibility index (Phi) is 6.59. The summed E-state index contributed by atoms with van der Waals surface area (Å²) in [5.74, 6) is -0.133. The van der Waals surface area contributed by atoms with E-state index in [0.717, 1.165) is 16.9 Å². The first-order chi connectivity index (χ1) is 17.0. The summed E-state index contributed by atoms with van der Waals surface area (Å²) in [5.41, 5.74) is 4.37. The van der Waals surface area contributed by atoms with Crippen LogP contribution in [0.2, 0.25) is 20.1 Å². The Morgan fingerprint density at radius 2 is 1.56 bits per heavy atom. The number of halogens is 4. The Balaban J connectivity index is 1.61. The molecule has 3 aromatic carbocycles. The van der Waals surface area contributed by atoms with E-state index < -0.39 is 6.04 Å². The van der Waals surface area contributed by atoms with E-state index in [0.29, 0.717) is 55.3 Å². The highest BCUT2D eigenvalue weighted by Gasteiger charge is 2.39. The minimum Gasteiger partial charge on any atom is -0.372 e. The molecule has 5 rings (SSSR count). The van der Waals surface area contributed by atoms with Gasteiger partial charge in [-0.15, -0.1) is 0 Å². The average molecular weight is 560 g/mol. The van der Waals surface area contributed by atoms with Crippen LogP contribution >= 0.6 is 46.4 Å². The lowest BCUT2D eigenvalue weighted by molar-refractivity contribution is -0.118. The van der Waals surface area contributed by atoms with Gasteiger partial charge in [0.15, 0.2) is 11.6 Å². The number of rotatable bonds is 3. The van der Waals surface area contributed by atoms with Crippen molar-refractivity contribution in [3.05, 3.63) is 103 Å². The highest BCUT2D eigenvalue weighted by atomic mass is 35.5. The number of carbonyl (C=O) groups is 2. The lowest BCUT2D eigenvalue weighted by atomic mass is 9.73. The summed E-state index contributed by atoms with van der Waals surface area (Å²) in [7, 11) is 0. The summed E-state index contributed by atoms with van der Waals surface area (Å²) in [4.78, 5) is 26.7. The molecule has 0 amide bonds. The number of anilines is 2. The third-order valence-corrected chi connectivity index (χ3v) is 7.83. The highest BCUT2D eigenvalue weighted by molar-refractivity contribution is 6.42. The van der Waals surface area contributed by atoms with E-state index in [-0.39, 0.29) is 17.0 Å². The Bertz CT molecular complexity index is 1460. The molecule has 184 valence electrons. The van der Waals surface area contributed by atoms with E-state index >= 15 is 0 Å². The summed E-state index contributed by atoms with van der Waals surface area (Å²) >= 11 is 24.9. The van der Waals surface area contributed by atoms with Crippen LogP contribution in [0.1, 0.15) is 54.2 Å². The zero-order chi connectivity index (χ0) is 25.8. The first-order valence-corrected chi connectivity index (χ1v) is 12.9. The fraction of sp³-hybridized carbons (Fsp3) is 0.214. The van der Waals surface area contributed by atoms with E-state index in [1.165, 1.54) is 0 Å². The average Bonchev–Trinajstić information content (AvgIpc) is 2.95. The molecule has 0 fully saturated rings. The third-order valence-electron chi connectivity index (χ3n) is 6.53. The molecule has 0 saturated carbocycles. The Hall–Kier alpha value is -2.50. The van der Waals surface area contributed by atoms with Crippen molar-refractivity contribution in [1.82, 2.24) is 0 Å². The van der Waals surface area contributed by atoms with E-state index in [9.17, 15) is 9.59 Å². The molecule has 0 radical (unpaired) electrons. The molecule has 8 heteroatoms. The van der Waals surface area contributed by atoms with Gasteiger partial charge in [0.25, 0.3) is 0 Å². The maximum Gasteiger partial charge on any atom is 0.193 e. The molecule has 3 aromatic rings. The number of benzene rings is 3. The van der Waals surface area contributed by atoms with E-state index in [1.54, 1.807) is 42.5 Å². The summed E-state index contributed by atoms with van der Waals surface area (Å²) in [6.07, 6.45) is 1.09. The smallest absolute Gasteiger partial charge is 0.193 e. The van der Waals surface area contributed by atoms with E-state index in [4.69, 9.17) is 46.4 Å². The number of hydrogen-bond acceptors (Lipinski definition) is 4. The van der Waals surface area contributed by atoms with Crippen molar-refractivity contribution in [2.75, 3.05) is 10.6 Å². The second-order valence-electron chi connectivity index (χ2n) is 9.92. The van der Waals surface area contributed by atoms with Gasteiger partial charge >= 0.3 is 0 Å². The molecule has 36 heavy (non-hydrogen) atoms. The van der Waals surface area contributed by atoms with Crippen LogP contribution in [0.3, 0.4) is 0 Å². The van der Waals surface area contributed by atoms with Gasteiger partial charge < -0.3 is 10.6 Å². The zero-order valence-corrected chi connectivity index (χ0v) is 22.5. The van der Waals surface area contributed by atoms with Gasteiger partial charge in [0.2, 0.25) is 0 Å². The predicted octanol–water partition coefficient (Wildman–Crippen LogP) is 8.75.